The fourth-order valence-corrected chi connectivity index (χ4v) is 4.39. The molecule has 2 N–H and O–H groups in total. The fourth-order valence-electron chi connectivity index (χ4n) is 3.60. The molecule has 0 bridgehead atoms. The molecule has 2 atom stereocenters. The lowest BCUT2D eigenvalue weighted by Gasteiger charge is -2.18. The highest BCUT2D eigenvalue weighted by Gasteiger charge is 2.22. The molecule has 0 saturated carbocycles. The molecular weight excluding hydrogens is 479 g/mol. The average molecular weight is 513 g/mol. The van der Waals surface area contributed by atoms with Crippen LogP contribution in [0.5, 0.6) is 0 Å². The SMILES string of the molecule is CN=C(NCC1CCN(CCc2ccccc2)C1)NCC(C)c1cccs1.I. The normalized spacial score (nSPS) is 18.5. The zero-order valence-corrected chi connectivity index (χ0v) is 20.1. The van der Waals surface area contributed by atoms with E-state index in [-0.39, 0.29) is 24.0 Å². The Morgan fingerprint density at radius 3 is 2.75 bits per heavy atom. The summed E-state index contributed by atoms with van der Waals surface area (Å²) in [5, 5.41) is 9.13. The average Bonchev–Trinajstić information content (AvgIpc) is 3.39. The van der Waals surface area contributed by atoms with Crippen LogP contribution in [0, 0.1) is 5.92 Å². The second-order valence-corrected chi connectivity index (χ2v) is 8.42. The van der Waals surface area contributed by atoms with Crippen molar-refractivity contribution in [3.63, 3.8) is 0 Å². The summed E-state index contributed by atoms with van der Waals surface area (Å²) in [6.07, 6.45) is 2.41. The topological polar surface area (TPSA) is 39.7 Å². The van der Waals surface area contributed by atoms with Gasteiger partial charge in [0.1, 0.15) is 0 Å². The number of likely N-dealkylation sites (tertiary alicyclic amines) is 1. The van der Waals surface area contributed by atoms with Crippen molar-refractivity contribution in [3.05, 3.63) is 58.3 Å². The predicted octanol–water partition coefficient (Wildman–Crippen LogP) is 4.20. The van der Waals surface area contributed by atoms with Gasteiger partial charge in [-0.2, -0.15) is 0 Å². The van der Waals surface area contributed by atoms with Crippen LogP contribution in [-0.4, -0.2) is 50.6 Å². The van der Waals surface area contributed by atoms with Gasteiger partial charge >= 0.3 is 0 Å². The Labute approximate surface area is 190 Å². The summed E-state index contributed by atoms with van der Waals surface area (Å²) in [7, 11) is 1.85. The molecular formula is C22H33IN4S. The Morgan fingerprint density at radius 1 is 1.21 bits per heavy atom. The maximum Gasteiger partial charge on any atom is 0.191 e. The van der Waals surface area contributed by atoms with Crippen LogP contribution in [-0.2, 0) is 6.42 Å². The van der Waals surface area contributed by atoms with E-state index in [9.17, 15) is 0 Å². The summed E-state index contributed by atoms with van der Waals surface area (Å²) in [5.74, 6) is 2.12. The van der Waals surface area contributed by atoms with Gasteiger partial charge in [-0.15, -0.1) is 35.3 Å². The van der Waals surface area contributed by atoms with Gasteiger partial charge in [0, 0.05) is 44.0 Å². The molecule has 1 fully saturated rings. The lowest BCUT2D eigenvalue weighted by molar-refractivity contribution is 0.328. The second kappa shape index (κ2) is 12.4. The van der Waals surface area contributed by atoms with Crippen molar-refractivity contribution >= 4 is 41.3 Å². The zero-order valence-electron chi connectivity index (χ0n) is 16.9. The van der Waals surface area contributed by atoms with E-state index in [1.54, 1.807) is 0 Å². The molecule has 6 heteroatoms. The van der Waals surface area contributed by atoms with E-state index in [0.717, 1.165) is 32.0 Å². The van der Waals surface area contributed by atoms with Gasteiger partial charge in [0.25, 0.3) is 0 Å². The van der Waals surface area contributed by atoms with E-state index < -0.39 is 0 Å². The minimum atomic E-state index is 0. The number of thiophene rings is 1. The number of guanidine groups is 1. The van der Waals surface area contributed by atoms with Crippen molar-refractivity contribution < 1.29 is 0 Å². The first-order chi connectivity index (χ1) is 13.2. The monoisotopic (exact) mass is 512 g/mol. The quantitative estimate of drug-likeness (QED) is 0.317. The van der Waals surface area contributed by atoms with Gasteiger partial charge in [-0.1, -0.05) is 43.3 Å². The van der Waals surface area contributed by atoms with E-state index in [2.05, 4.69) is 75.3 Å². The Bertz CT molecular complexity index is 690. The summed E-state index contributed by atoms with van der Waals surface area (Å²) in [6.45, 7) is 7.71. The number of rotatable bonds is 8. The smallest absolute Gasteiger partial charge is 0.191 e. The van der Waals surface area contributed by atoms with Gasteiger partial charge in [-0.05, 0) is 42.3 Å². The van der Waals surface area contributed by atoms with E-state index in [0.29, 0.717) is 11.8 Å². The van der Waals surface area contributed by atoms with Gasteiger partial charge in [-0.25, -0.2) is 0 Å². The van der Waals surface area contributed by atoms with Crippen LogP contribution in [0.3, 0.4) is 0 Å². The third-order valence-electron chi connectivity index (χ3n) is 5.32. The third kappa shape index (κ3) is 7.37. The van der Waals surface area contributed by atoms with E-state index >= 15 is 0 Å². The summed E-state index contributed by atoms with van der Waals surface area (Å²) >= 11 is 1.82. The highest BCUT2D eigenvalue weighted by Crippen LogP contribution is 2.19. The third-order valence-corrected chi connectivity index (χ3v) is 6.42. The Kier molecular flexibility index (Phi) is 10.3. The molecule has 0 amide bonds. The molecule has 0 spiro atoms. The van der Waals surface area contributed by atoms with Crippen LogP contribution in [0.15, 0.2) is 52.8 Å². The van der Waals surface area contributed by atoms with Crippen LogP contribution >= 0.6 is 35.3 Å². The molecule has 1 aromatic heterocycles. The first-order valence-corrected chi connectivity index (χ1v) is 10.9. The van der Waals surface area contributed by atoms with Gasteiger partial charge in [0.2, 0.25) is 0 Å². The van der Waals surface area contributed by atoms with Crippen molar-refractivity contribution in [2.45, 2.75) is 25.7 Å². The number of benzene rings is 1. The molecule has 0 aliphatic carbocycles. The van der Waals surface area contributed by atoms with Crippen LogP contribution < -0.4 is 10.6 Å². The number of hydrogen-bond donors (Lipinski definition) is 2. The Morgan fingerprint density at radius 2 is 2.04 bits per heavy atom. The number of nitrogens with one attached hydrogen (secondary N) is 2. The first-order valence-electron chi connectivity index (χ1n) is 9.99. The summed E-state index contributed by atoms with van der Waals surface area (Å²) in [4.78, 5) is 8.39. The van der Waals surface area contributed by atoms with Crippen molar-refractivity contribution in [1.29, 1.82) is 0 Å². The molecule has 2 aromatic rings. The van der Waals surface area contributed by atoms with E-state index in [1.165, 1.54) is 30.0 Å². The Balaban J connectivity index is 0.00000280. The molecule has 154 valence electrons. The van der Waals surface area contributed by atoms with Crippen molar-refractivity contribution in [2.24, 2.45) is 10.9 Å². The van der Waals surface area contributed by atoms with Crippen LogP contribution in [0.2, 0.25) is 0 Å². The first kappa shape index (κ1) is 23.2. The number of hydrogen-bond acceptors (Lipinski definition) is 3. The molecule has 4 nitrogen and oxygen atoms in total. The van der Waals surface area contributed by atoms with Crippen molar-refractivity contribution in [3.8, 4) is 0 Å². The Hall–Kier alpha value is -1.12. The van der Waals surface area contributed by atoms with Crippen molar-refractivity contribution in [2.75, 3.05) is 39.8 Å². The van der Waals surface area contributed by atoms with Gasteiger partial charge < -0.3 is 15.5 Å². The predicted molar refractivity (Wildman–Crippen MR) is 132 cm³/mol. The molecule has 1 aliphatic rings. The molecule has 1 saturated heterocycles. The maximum atomic E-state index is 4.38. The zero-order chi connectivity index (χ0) is 18.9. The van der Waals surface area contributed by atoms with Crippen LogP contribution in [0.1, 0.15) is 29.7 Å². The minimum Gasteiger partial charge on any atom is -0.356 e. The highest BCUT2D eigenvalue weighted by atomic mass is 127. The fraction of sp³-hybridized carbons (Fsp3) is 0.500. The van der Waals surface area contributed by atoms with E-state index in [4.69, 9.17) is 0 Å². The van der Waals surface area contributed by atoms with Gasteiger partial charge in [-0.3, -0.25) is 4.99 Å². The second-order valence-electron chi connectivity index (χ2n) is 7.44. The number of halogens is 1. The highest BCUT2D eigenvalue weighted by molar-refractivity contribution is 14.0. The molecule has 28 heavy (non-hydrogen) atoms. The number of aliphatic imine (C=N–C) groups is 1. The lowest BCUT2D eigenvalue weighted by Crippen LogP contribution is -2.41. The number of nitrogens with zero attached hydrogens (tertiary/aromatic N) is 2. The van der Waals surface area contributed by atoms with Gasteiger partial charge in [0.15, 0.2) is 5.96 Å². The minimum absolute atomic E-state index is 0. The molecule has 0 radical (unpaired) electrons. The summed E-state index contributed by atoms with van der Waals surface area (Å²) in [6, 6.07) is 15.1. The molecule has 2 heterocycles. The molecule has 3 rings (SSSR count). The van der Waals surface area contributed by atoms with Gasteiger partial charge in [0.05, 0.1) is 0 Å². The van der Waals surface area contributed by atoms with E-state index in [1.807, 2.05) is 18.4 Å². The summed E-state index contributed by atoms with van der Waals surface area (Å²) < 4.78 is 0. The molecule has 1 aromatic carbocycles. The van der Waals surface area contributed by atoms with Crippen LogP contribution in [0.4, 0.5) is 0 Å². The summed E-state index contributed by atoms with van der Waals surface area (Å²) in [5.41, 5.74) is 1.43. The van der Waals surface area contributed by atoms with Crippen molar-refractivity contribution in [1.82, 2.24) is 15.5 Å². The largest absolute Gasteiger partial charge is 0.356 e. The molecule has 2 unspecified atom stereocenters. The standard InChI is InChI=1S/C22H32N4S.HI/c1-18(21-9-6-14-27-21)15-24-22(23-2)25-16-20-11-13-26(17-20)12-10-19-7-4-3-5-8-19;/h3-9,14,18,20H,10-13,15-17H2,1-2H3,(H2,23,24,25);1H. The molecule has 1 aliphatic heterocycles. The lowest BCUT2D eigenvalue weighted by atomic mass is 10.1. The van der Waals surface area contributed by atoms with Crippen LogP contribution in [0.25, 0.3) is 0 Å². The maximum absolute atomic E-state index is 4.38.